The van der Waals surface area contributed by atoms with E-state index in [0.29, 0.717) is 23.6 Å². The Hall–Kier alpha value is -2.67. The topological polar surface area (TPSA) is 80.7 Å². The molecule has 0 spiro atoms. The lowest BCUT2D eigenvalue weighted by molar-refractivity contribution is 0.0952. The molecule has 1 N–H and O–H groups in total. The van der Waals surface area contributed by atoms with Gasteiger partial charge in [-0.3, -0.25) is 9.78 Å². The number of nitrogens with one attached hydrogen (secondary N) is 1. The number of carbonyl (C=O) groups is 1. The molecule has 0 bridgehead atoms. The van der Waals surface area contributed by atoms with E-state index in [0.717, 1.165) is 17.8 Å². The van der Waals surface area contributed by atoms with Crippen molar-refractivity contribution in [1.29, 1.82) is 0 Å². The van der Waals surface area contributed by atoms with Crippen LogP contribution in [0.1, 0.15) is 21.8 Å². The fourth-order valence-corrected chi connectivity index (χ4v) is 2.66. The summed E-state index contributed by atoms with van der Waals surface area (Å²) in [5, 5.41) is 5.90. The van der Waals surface area contributed by atoms with Gasteiger partial charge in [-0.1, -0.05) is 6.07 Å². The lowest BCUT2D eigenvalue weighted by Gasteiger charge is -2.04. The molecule has 3 aromatic heterocycles. The zero-order valence-corrected chi connectivity index (χ0v) is 13.2. The molecule has 0 aliphatic rings. The maximum absolute atomic E-state index is 12.0. The van der Waals surface area contributed by atoms with Gasteiger partial charge in [-0.05, 0) is 18.6 Å². The normalized spacial score (nSPS) is 10.4. The van der Waals surface area contributed by atoms with Gasteiger partial charge in [-0.2, -0.15) is 0 Å². The van der Waals surface area contributed by atoms with Gasteiger partial charge in [0, 0.05) is 43.1 Å². The van der Waals surface area contributed by atoms with Crippen molar-refractivity contribution in [2.75, 3.05) is 6.54 Å². The van der Waals surface area contributed by atoms with Gasteiger partial charge in [0.25, 0.3) is 5.91 Å². The molecule has 7 heteroatoms. The zero-order chi connectivity index (χ0) is 15.9. The maximum atomic E-state index is 12.0. The number of hydrogen-bond acceptors (Lipinski definition) is 6. The van der Waals surface area contributed by atoms with Crippen LogP contribution in [0.5, 0.6) is 0 Å². The van der Waals surface area contributed by atoms with Crippen LogP contribution in [0.15, 0.2) is 48.4 Å². The van der Waals surface area contributed by atoms with Crippen LogP contribution in [0.3, 0.4) is 0 Å². The molecule has 0 radical (unpaired) electrons. The third-order valence-corrected chi connectivity index (χ3v) is 3.98. The molecular weight excluding hydrogens is 310 g/mol. The molecule has 0 saturated carbocycles. The first-order valence-corrected chi connectivity index (χ1v) is 8.11. The van der Waals surface area contributed by atoms with Crippen molar-refractivity contribution >= 4 is 17.2 Å². The number of aryl methyl sites for hydroxylation is 1. The summed E-state index contributed by atoms with van der Waals surface area (Å²) >= 11 is 1.63. The summed E-state index contributed by atoms with van der Waals surface area (Å²) in [6, 6.07) is 5.53. The fourth-order valence-electron chi connectivity index (χ4n) is 1.99. The Balaban J connectivity index is 1.51. The third kappa shape index (κ3) is 4.17. The first kappa shape index (κ1) is 15.2. The first-order valence-electron chi connectivity index (χ1n) is 7.23. The molecule has 0 aliphatic carbocycles. The fraction of sp³-hybridized carbons (Fsp3) is 0.188. The Morgan fingerprint density at radius 3 is 2.65 bits per heavy atom. The quantitative estimate of drug-likeness (QED) is 0.704. The van der Waals surface area contributed by atoms with Gasteiger partial charge in [0.1, 0.15) is 5.69 Å². The monoisotopic (exact) mass is 325 g/mol. The van der Waals surface area contributed by atoms with Crippen molar-refractivity contribution < 1.29 is 4.79 Å². The minimum absolute atomic E-state index is 0.170. The van der Waals surface area contributed by atoms with E-state index >= 15 is 0 Å². The SMILES string of the molecule is O=C(NCCCc1nccs1)c1cnc(-c2ccccn2)nc1. The Bertz CT molecular complexity index is 744. The third-order valence-electron chi connectivity index (χ3n) is 3.14. The summed E-state index contributed by atoms with van der Waals surface area (Å²) in [4.78, 5) is 28.8. The van der Waals surface area contributed by atoms with E-state index in [-0.39, 0.29) is 5.91 Å². The number of aromatic nitrogens is 4. The van der Waals surface area contributed by atoms with E-state index in [1.807, 2.05) is 23.6 Å². The summed E-state index contributed by atoms with van der Waals surface area (Å²) in [7, 11) is 0. The second-order valence-corrected chi connectivity index (χ2v) is 5.77. The summed E-state index contributed by atoms with van der Waals surface area (Å²) in [5.41, 5.74) is 1.13. The summed E-state index contributed by atoms with van der Waals surface area (Å²) < 4.78 is 0. The number of pyridine rings is 1. The number of nitrogens with zero attached hydrogens (tertiary/aromatic N) is 4. The molecule has 0 atom stereocenters. The molecule has 116 valence electrons. The predicted octanol–water partition coefficient (Wildman–Crippen LogP) is 2.36. The number of carbonyl (C=O) groups excluding carboxylic acids is 1. The minimum atomic E-state index is -0.170. The van der Waals surface area contributed by atoms with Crippen LogP contribution in [0.4, 0.5) is 0 Å². The second-order valence-electron chi connectivity index (χ2n) is 4.80. The molecule has 0 unspecified atom stereocenters. The number of rotatable bonds is 6. The molecular formula is C16H15N5OS. The highest BCUT2D eigenvalue weighted by molar-refractivity contribution is 7.09. The average molecular weight is 325 g/mol. The minimum Gasteiger partial charge on any atom is -0.352 e. The van der Waals surface area contributed by atoms with Crippen LogP contribution in [-0.2, 0) is 6.42 Å². The molecule has 0 aromatic carbocycles. The average Bonchev–Trinajstić information content (AvgIpc) is 3.13. The van der Waals surface area contributed by atoms with Gasteiger partial charge < -0.3 is 5.32 Å². The van der Waals surface area contributed by atoms with Crippen LogP contribution >= 0.6 is 11.3 Å². The molecule has 3 heterocycles. The standard InChI is InChI=1S/C16H15N5OS/c22-16(19-7-3-5-14-18-8-9-23-14)12-10-20-15(21-11-12)13-4-1-2-6-17-13/h1-2,4,6,8-11H,3,5,7H2,(H,19,22). The van der Waals surface area contributed by atoms with Gasteiger partial charge in [0.05, 0.1) is 10.6 Å². The summed E-state index contributed by atoms with van der Waals surface area (Å²) in [6.07, 6.45) is 8.24. The number of amides is 1. The van der Waals surface area contributed by atoms with E-state index in [4.69, 9.17) is 0 Å². The van der Waals surface area contributed by atoms with Crippen LogP contribution in [0.25, 0.3) is 11.5 Å². The van der Waals surface area contributed by atoms with Crippen LogP contribution in [0, 0.1) is 0 Å². The van der Waals surface area contributed by atoms with Gasteiger partial charge in [-0.25, -0.2) is 15.0 Å². The lowest BCUT2D eigenvalue weighted by atomic mass is 10.2. The second kappa shape index (κ2) is 7.55. The zero-order valence-electron chi connectivity index (χ0n) is 12.3. The van der Waals surface area contributed by atoms with Crippen molar-refractivity contribution in [3.63, 3.8) is 0 Å². The predicted molar refractivity (Wildman–Crippen MR) is 88.0 cm³/mol. The van der Waals surface area contributed by atoms with Gasteiger partial charge >= 0.3 is 0 Å². The van der Waals surface area contributed by atoms with Gasteiger partial charge in [0.2, 0.25) is 0 Å². The molecule has 23 heavy (non-hydrogen) atoms. The Kier molecular flexibility index (Phi) is 5.00. The van der Waals surface area contributed by atoms with E-state index in [9.17, 15) is 4.79 Å². The molecule has 0 saturated heterocycles. The van der Waals surface area contributed by atoms with E-state index in [2.05, 4.69) is 25.3 Å². The van der Waals surface area contributed by atoms with E-state index in [1.165, 1.54) is 12.4 Å². The van der Waals surface area contributed by atoms with Crippen molar-refractivity contribution in [3.8, 4) is 11.5 Å². The van der Waals surface area contributed by atoms with Gasteiger partial charge in [-0.15, -0.1) is 11.3 Å². The molecule has 1 amide bonds. The Morgan fingerprint density at radius 2 is 1.96 bits per heavy atom. The first-order chi connectivity index (χ1) is 11.3. The molecule has 0 fully saturated rings. The Labute approximate surface area is 137 Å². The number of thiazole rings is 1. The van der Waals surface area contributed by atoms with Crippen LogP contribution in [0.2, 0.25) is 0 Å². The van der Waals surface area contributed by atoms with E-state index < -0.39 is 0 Å². The number of hydrogen-bond donors (Lipinski definition) is 1. The highest BCUT2D eigenvalue weighted by Crippen LogP contribution is 2.10. The highest BCUT2D eigenvalue weighted by Gasteiger charge is 2.08. The molecule has 3 aromatic rings. The molecule has 0 aliphatic heterocycles. The van der Waals surface area contributed by atoms with Crippen LogP contribution in [-0.4, -0.2) is 32.4 Å². The smallest absolute Gasteiger partial charge is 0.254 e. The van der Waals surface area contributed by atoms with E-state index in [1.54, 1.807) is 23.7 Å². The Morgan fingerprint density at radius 1 is 1.09 bits per heavy atom. The molecule has 6 nitrogen and oxygen atoms in total. The maximum Gasteiger partial charge on any atom is 0.254 e. The highest BCUT2D eigenvalue weighted by atomic mass is 32.1. The summed E-state index contributed by atoms with van der Waals surface area (Å²) in [5.74, 6) is 0.336. The largest absolute Gasteiger partial charge is 0.352 e. The lowest BCUT2D eigenvalue weighted by Crippen LogP contribution is -2.25. The van der Waals surface area contributed by atoms with Crippen molar-refractivity contribution in [2.45, 2.75) is 12.8 Å². The van der Waals surface area contributed by atoms with Crippen molar-refractivity contribution in [1.82, 2.24) is 25.3 Å². The van der Waals surface area contributed by atoms with Crippen molar-refractivity contribution in [3.05, 3.63) is 58.9 Å². The van der Waals surface area contributed by atoms with Crippen molar-refractivity contribution in [2.24, 2.45) is 0 Å². The van der Waals surface area contributed by atoms with Crippen LogP contribution < -0.4 is 5.32 Å². The van der Waals surface area contributed by atoms with Gasteiger partial charge in [0.15, 0.2) is 5.82 Å². The molecule has 3 rings (SSSR count). The summed E-state index contributed by atoms with van der Waals surface area (Å²) in [6.45, 7) is 0.598.